The van der Waals surface area contributed by atoms with Crippen LogP contribution in [0.1, 0.15) is 11.4 Å². The molecule has 0 atom stereocenters. The van der Waals surface area contributed by atoms with E-state index in [1.807, 2.05) is 43.7 Å². The lowest BCUT2D eigenvalue weighted by Gasteiger charge is -2.13. The fourth-order valence-corrected chi connectivity index (χ4v) is 3.24. The van der Waals surface area contributed by atoms with Crippen LogP contribution in [0.15, 0.2) is 49.1 Å². The summed E-state index contributed by atoms with van der Waals surface area (Å²) in [5.74, 6) is 1.42. The Hall–Kier alpha value is -3.03. The maximum Gasteiger partial charge on any atom is 0.155 e. The van der Waals surface area contributed by atoms with E-state index < -0.39 is 0 Å². The monoisotopic (exact) mass is 409 g/mol. The molecule has 3 heterocycles. The quantitative estimate of drug-likeness (QED) is 0.342. The summed E-state index contributed by atoms with van der Waals surface area (Å²) in [7, 11) is 3.54. The summed E-state index contributed by atoms with van der Waals surface area (Å²) >= 11 is 6.19. The van der Waals surface area contributed by atoms with Crippen LogP contribution in [0, 0.1) is 0 Å². The summed E-state index contributed by atoms with van der Waals surface area (Å²) in [5.41, 5.74) is 3.68. The molecule has 0 aliphatic carbocycles. The molecular formula is C21H20ClN5O2. The van der Waals surface area contributed by atoms with Crippen molar-refractivity contribution < 1.29 is 9.47 Å². The predicted octanol–water partition coefficient (Wildman–Crippen LogP) is 3.69. The molecule has 0 unspecified atom stereocenters. The van der Waals surface area contributed by atoms with Crippen molar-refractivity contribution in [3.8, 4) is 16.9 Å². The van der Waals surface area contributed by atoms with Crippen LogP contribution in [0.4, 0.5) is 0 Å². The van der Waals surface area contributed by atoms with Gasteiger partial charge in [-0.1, -0.05) is 23.7 Å². The summed E-state index contributed by atoms with van der Waals surface area (Å²) in [6.45, 7) is 0.957. The van der Waals surface area contributed by atoms with Crippen molar-refractivity contribution >= 4 is 22.5 Å². The second kappa shape index (κ2) is 8.55. The van der Waals surface area contributed by atoms with Gasteiger partial charge in [-0.25, -0.2) is 15.0 Å². The highest BCUT2D eigenvalue weighted by atomic mass is 35.5. The Morgan fingerprint density at radius 3 is 2.76 bits per heavy atom. The summed E-state index contributed by atoms with van der Waals surface area (Å²) < 4.78 is 12.9. The highest BCUT2D eigenvalue weighted by Crippen LogP contribution is 2.29. The minimum atomic E-state index is 0.370. The number of nitrogens with zero attached hydrogens (tertiary/aromatic N) is 5. The van der Waals surface area contributed by atoms with E-state index in [1.54, 1.807) is 24.2 Å². The van der Waals surface area contributed by atoms with Crippen LogP contribution < -0.4 is 4.74 Å². The van der Waals surface area contributed by atoms with Crippen LogP contribution in [-0.2, 0) is 18.2 Å². The van der Waals surface area contributed by atoms with E-state index in [0.717, 1.165) is 27.8 Å². The lowest BCUT2D eigenvalue weighted by atomic mass is 10.0. The number of hydrogen-bond acceptors (Lipinski definition) is 6. The summed E-state index contributed by atoms with van der Waals surface area (Å²) in [5, 5.41) is 5.47. The standard InChI is InChI=1S/C21H20ClN5O2/c1-27-13-17(12-25-27)14-3-4-15(18(9-14)29-8-7-28-2)10-19-24-11-16-5-6-23-21(22)20(16)26-19/h3-6,9,11-13H,7-8,10H2,1-2H3. The maximum absolute atomic E-state index is 6.19. The van der Waals surface area contributed by atoms with Gasteiger partial charge in [0.25, 0.3) is 0 Å². The average Bonchev–Trinajstić information content (AvgIpc) is 3.16. The molecular weight excluding hydrogens is 390 g/mol. The zero-order valence-corrected chi connectivity index (χ0v) is 16.9. The molecule has 4 rings (SSSR count). The Kier molecular flexibility index (Phi) is 5.69. The zero-order valence-electron chi connectivity index (χ0n) is 16.2. The Bertz CT molecular complexity index is 1150. The van der Waals surface area contributed by atoms with Crippen LogP contribution >= 0.6 is 11.6 Å². The van der Waals surface area contributed by atoms with Crippen molar-refractivity contribution in [2.24, 2.45) is 7.05 Å². The molecule has 1 aromatic carbocycles. The SMILES string of the molecule is COCCOc1cc(-c2cnn(C)c2)ccc1Cc1ncc2ccnc(Cl)c2n1. The number of hydrogen-bond donors (Lipinski definition) is 0. The van der Waals surface area contributed by atoms with Crippen molar-refractivity contribution in [2.75, 3.05) is 20.3 Å². The van der Waals surface area contributed by atoms with E-state index in [2.05, 4.69) is 20.1 Å². The molecule has 0 aliphatic heterocycles. The highest BCUT2D eigenvalue weighted by Gasteiger charge is 2.12. The van der Waals surface area contributed by atoms with Gasteiger partial charge in [0.05, 0.1) is 12.8 Å². The normalized spacial score (nSPS) is 11.1. The average molecular weight is 410 g/mol. The first-order chi connectivity index (χ1) is 14.1. The number of rotatable bonds is 7. The van der Waals surface area contributed by atoms with Crippen molar-refractivity contribution in [3.63, 3.8) is 0 Å². The largest absolute Gasteiger partial charge is 0.491 e. The van der Waals surface area contributed by atoms with Crippen molar-refractivity contribution in [1.82, 2.24) is 24.7 Å². The molecule has 0 saturated heterocycles. The molecule has 7 nitrogen and oxygen atoms in total. The summed E-state index contributed by atoms with van der Waals surface area (Å²) in [6.07, 6.45) is 7.72. The van der Waals surface area contributed by atoms with Crippen LogP contribution in [0.3, 0.4) is 0 Å². The summed E-state index contributed by atoms with van der Waals surface area (Å²) in [6, 6.07) is 7.93. The van der Waals surface area contributed by atoms with Gasteiger partial charge in [0, 0.05) is 55.7 Å². The molecule has 4 aromatic rings. The van der Waals surface area contributed by atoms with Gasteiger partial charge >= 0.3 is 0 Å². The van der Waals surface area contributed by atoms with Gasteiger partial charge < -0.3 is 9.47 Å². The van der Waals surface area contributed by atoms with Gasteiger partial charge in [0.15, 0.2) is 5.15 Å². The lowest BCUT2D eigenvalue weighted by molar-refractivity contribution is 0.146. The molecule has 3 aromatic heterocycles. The molecule has 148 valence electrons. The van der Waals surface area contributed by atoms with E-state index in [1.165, 1.54) is 0 Å². The number of ether oxygens (including phenoxy) is 2. The molecule has 0 spiro atoms. The molecule has 0 amide bonds. The zero-order chi connectivity index (χ0) is 20.2. The first kappa shape index (κ1) is 19.3. The summed E-state index contributed by atoms with van der Waals surface area (Å²) in [4.78, 5) is 13.2. The molecule has 0 radical (unpaired) electrons. The Morgan fingerprint density at radius 2 is 1.97 bits per heavy atom. The van der Waals surface area contributed by atoms with Gasteiger partial charge in [-0.2, -0.15) is 5.10 Å². The van der Waals surface area contributed by atoms with Crippen LogP contribution in [0.5, 0.6) is 5.75 Å². The first-order valence-corrected chi connectivity index (χ1v) is 9.51. The molecule has 0 saturated carbocycles. The van der Waals surface area contributed by atoms with Crippen LogP contribution in [0.2, 0.25) is 5.15 Å². The smallest absolute Gasteiger partial charge is 0.155 e. The van der Waals surface area contributed by atoms with Gasteiger partial charge in [-0.05, 0) is 17.7 Å². The number of halogens is 1. The van der Waals surface area contributed by atoms with Gasteiger partial charge in [0.2, 0.25) is 0 Å². The van der Waals surface area contributed by atoms with E-state index in [-0.39, 0.29) is 0 Å². The Labute approximate surface area is 173 Å². The van der Waals surface area contributed by atoms with Crippen LogP contribution in [-0.4, -0.2) is 45.1 Å². The Balaban J connectivity index is 1.67. The number of methoxy groups -OCH3 is 1. The number of aryl methyl sites for hydroxylation is 1. The van der Waals surface area contributed by atoms with Gasteiger partial charge in [-0.3, -0.25) is 4.68 Å². The number of benzene rings is 1. The van der Waals surface area contributed by atoms with E-state index in [4.69, 9.17) is 21.1 Å². The third kappa shape index (κ3) is 4.36. The fourth-order valence-electron chi connectivity index (χ4n) is 3.03. The van der Waals surface area contributed by atoms with E-state index in [0.29, 0.717) is 36.1 Å². The third-order valence-electron chi connectivity index (χ3n) is 4.50. The number of fused-ring (bicyclic) bond motifs is 1. The van der Waals surface area contributed by atoms with Crippen LogP contribution in [0.25, 0.3) is 22.0 Å². The molecule has 8 heteroatoms. The number of pyridine rings is 1. The van der Waals surface area contributed by atoms with E-state index in [9.17, 15) is 0 Å². The second-order valence-corrected chi connectivity index (χ2v) is 6.93. The van der Waals surface area contributed by atoms with Crippen molar-refractivity contribution in [3.05, 3.63) is 65.6 Å². The molecule has 29 heavy (non-hydrogen) atoms. The lowest BCUT2D eigenvalue weighted by Crippen LogP contribution is -2.07. The third-order valence-corrected chi connectivity index (χ3v) is 4.78. The Morgan fingerprint density at radius 1 is 1.07 bits per heavy atom. The topological polar surface area (TPSA) is 75.0 Å². The van der Waals surface area contributed by atoms with E-state index >= 15 is 0 Å². The minimum Gasteiger partial charge on any atom is -0.491 e. The van der Waals surface area contributed by atoms with Crippen molar-refractivity contribution in [2.45, 2.75) is 6.42 Å². The maximum atomic E-state index is 6.19. The second-order valence-electron chi connectivity index (χ2n) is 6.57. The fraction of sp³-hybridized carbons (Fsp3) is 0.238. The number of aromatic nitrogens is 5. The highest BCUT2D eigenvalue weighted by molar-refractivity contribution is 6.33. The first-order valence-electron chi connectivity index (χ1n) is 9.14. The van der Waals surface area contributed by atoms with Gasteiger partial charge in [-0.15, -0.1) is 0 Å². The molecule has 0 aliphatic rings. The van der Waals surface area contributed by atoms with Gasteiger partial charge in [0.1, 0.15) is 23.7 Å². The van der Waals surface area contributed by atoms with Crippen molar-refractivity contribution in [1.29, 1.82) is 0 Å². The molecule has 0 bridgehead atoms. The predicted molar refractivity (Wildman–Crippen MR) is 111 cm³/mol. The molecule has 0 fully saturated rings. The molecule has 0 N–H and O–H groups in total. The minimum absolute atomic E-state index is 0.370.